The van der Waals surface area contributed by atoms with E-state index in [1.807, 2.05) is 0 Å². The Labute approximate surface area is 208 Å². The van der Waals surface area contributed by atoms with Crippen molar-refractivity contribution in [2.75, 3.05) is 28.4 Å². The van der Waals surface area contributed by atoms with Crippen molar-refractivity contribution in [1.29, 1.82) is 0 Å². The van der Waals surface area contributed by atoms with Gasteiger partial charge in [0.25, 0.3) is 0 Å². The number of hydrogen-bond acceptors (Lipinski definition) is 8. The molecule has 0 radical (unpaired) electrons. The maximum Gasteiger partial charge on any atom is 0.438 e. The third-order valence-electron chi connectivity index (χ3n) is 4.74. The van der Waals surface area contributed by atoms with Crippen molar-refractivity contribution in [2.45, 2.75) is 12.4 Å². The molecule has 0 aliphatic carbocycles. The first-order chi connectivity index (χ1) is 17.7. The summed E-state index contributed by atoms with van der Waals surface area (Å²) in [6, 6.07) is 3.96. The fraction of sp³-hybridized carbons (Fsp3) is 0.273. The van der Waals surface area contributed by atoms with E-state index in [0.29, 0.717) is 0 Å². The molecule has 0 N–H and O–H groups in total. The number of aromatic nitrogens is 4. The van der Waals surface area contributed by atoms with Crippen molar-refractivity contribution in [3.63, 3.8) is 0 Å². The normalized spacial score (nSPS) is 11.7. The molecule has 0 amide bonds. The number of benzene rings is 2. The molecule has 0 saturated carbocycles. The summed E-state index contributed by atoms with van der Waals surface area (Å²) < 4.78 is 122. The minimum absolute atomic E-state index is 0.0526. The SMILES string of the molecule is COc1cc2nc(C(F)(F)F)c(OC)nc2cc1F.COc1cc2nc(C(F)(F)F)c(OC)nc2cc1F. The van der Waals surface area contributed by atoms with E-state index in [2.05, 4.69) is 38.9 Å². The van der Waals surface area contributed by atoms with Crippen LogP contribution in [0.3, 0.4) is 0 Å². The van der Waals surface area contributed by atoms with Gasteiger partial charge in [0.2, 0.25) is 23.1 Å². The molecule has 0 bridgehead atoms. The minimum Gasteiger partial charge on any atom is -0.494 e. The molecule has 0 spiro atoms. The van der Waals surface area contributed by atoms with Gasteiger partial charge in [0.15, 0.2) is 23.1 Å². The van der Waals surface area contributed by atoms with Gasteiger partial charge in [-0.1, -0.05) is 0 Å². The van der Waals surface area contributed by atoms with Crippen LogP contribution in [0.5, 0.6) is 23.3 Å². The quantitative estimate of drug-likeness (QED) is 0.302. The second-order valence-electron chi connectivity index (χ2n) is 7.11. The van der Waals surface area contributed by atoms with E-state index in [4.69, 9.17) is 0 Å². The zero-order chi connectivity index (χ0) is 28.4. The summed E-state index contributed by atoms with van der Waals surface area (Å²) in [7, 11) is 4.47. The minimum atomic E-state index is -4.71. The van der Waals surface area contributed by atoms with E-state index in [1.165, 1.54) is 14.2 Å². The average Bonchev–Trinajstić information content (AvgIpc) is 2.85. The molecule has 0 fully saturated rings. The third kappa shape index (κ3) is 5.84. The highest BCUT2D eigenvalue weighted by molar-refractivity contribution is 5.78. The van der Waals surface area contributed by atoms with Gasteiger partial charge in [0.1, 0.15) is 0 Å². The number of methoxy groups -OCH3 is 4. The fourth-order valence-corrected chi connectivity index (χ4v) is 3.05. The van der Waals surface area contributed by atoms with E-state index in [1.54, 1.807) is 0 Å². The molecule has 204 valence electrons. The van der Waals surface area contributed by atoms with Crippen molar-refractivity contribution in [3.8, 4) is 23.3 Å². The van der Waals surface area contributed by atoms with Gasteiger partial charge in [0.05, 0.1) is 50.5 Å². The van der Waals surface area contributed by atoms with E-state index < -0.39 is 47.1 Å². The van der Waals surface area contributed by atoms with Crippen molar-refractivity contribution in [2.24, 2.45) is 0 Å². The lowest BCUT2D eigenvalue weighted by Gasteiger charge is -2.11. The van der Waals surface area contributed by atoms with Gasteiger partial charge < -0.3 is 18.9 Å². The summed E-state index contributed by atoms with van der Waals surface area (Å²) in [4.78, 5) is 14.0. The van der Waals surface area contributed by atoms with Gasteiger partial charge in [-0.05, 0) is 0 Å². The number of ether oxygens (including phenoxy) is 4. The number of nitrogens with zero attached hydrogens (tertiary/aromatic N) is 4. The Kier molecular flexibility index (Phi) is 7.92. The first-order valence-corrected chi connectivity index (χ1v) is 10.1. The van der Waals surface area contributed by atoms with Gasteiger partial charge in [0, 0.05) is 24.3 Å². The highest BCUT2D eigenvalue weighted by Gasteiger charge is 2.39. The number of halogens is 8. The molecule has 8 nitrogen and oxygen atoms in total. The van der Waals surface area contributed by atoms with Crippen LogP contribution in [0.25, 0.3) is 22.1 Å². The lowest BCUT2D eigenvalue weighted by atomic mass is 10.2. The van der Waals surface area contributed by atoms with Gasteiger partial charge in [-0.15, -0.1) is 0 Å². The number of hydrogen-bond donors (Lipinski definition) is 0. The van der Waals surface area contributed by atoms with Crippen molar-refractivity contribution < 1.29 is 54.1 Å². The fourth-order valence-electron chi connectivity index (χ4n) is 3.05. The first kappa shape index (κ1) is 28.3. The zero-order valence-electron chi connectivity index (χ0n) is 19.8. The highest BCUT2D eigenvalue weighted by atomic mass is 19.4. The Balaban J connectivity index is 0.000000211. The molecule has 0 saturated heterocycles. The van der Waals surface area contributed by atoms with Gasteiger partial charge in [-0.2, -0.15) is 26.3 Å². The monoisotopic (exact) mass is 552 g/mol. The summed E-state index contributed by atoms with van der Waals surface area (Å²) in [6.45, 7) is 0. The van der Waals surface area contributed by atoms with Crippen LogP contribution in [-0.4, -0.2) is 48.4 Å². The number of rotatable bonds is 4. The Hall–Kier alpha value is -4.24. The van der Waals surface area contributed by atoms with Gasteiger partial charge >= 0.3 is 12.4 Å². The predicted octanol–water partition coefficient (Wildman–Crippen LogP) is 5.61. The van der Waals surface area contributed by atoms with E-state index in [0.717, 1.165) is 38.5 Å². The molecule has 0 atom stereocenters. The first-order valence-electron chi connectivity index (χ1n) is 10.1. The Morgan fingerprint density at radius 2 is 0.816 bits per heavy atom. The molecule has 38 heavy (non-hydrogen) atoms. The molecular weight excluding hydrogens is 536 g/mol. The molecule has 2 aromatic carbocycles. The molecule has 4 rings (SSSR count). The maximum atomic E-state index is 13.4. The second kappa shape index (κ2) is 10.6. The summed E-state index contributed by atoms with van der Waals surface area (Å²) >= 11 is 0. The third-order valence-corrected chi connectivity index (χ3v) is 4.74. The van der Waals surface area contributed by atoms with E-state index >= 15 is 0 Å². The van der Waals surface area contributed by atoms with Gasteiger partial charge in [-0.3, -0.25) is 0 Å². The van der Waals surface area contributed by atoms with Crippen molar-refractivity contribution in [3.05, 3.63) is 47.3 Å². The van der Waals surface area contributed by atoms with Crippen LogP contribution in [0.1, 0.15) is 11.4 Å². The van der Waals surface area contributed by atoms with Crippen LogP contribution in [-0.2, 0) is 12.4 Å². The molecular formula is C22H16F8N4O4. The Morgan fingerprint density at radius 1 is 0.500 bits per heavy atom. The number of fused-ring (bicyclic) bond motifs is 2. The molecule has 0 unspecified atom stereocenters. The summed E-state index contributed by atoms with van der Waals surface area (Å²) in [5.41, 5.74) is -2.91. The van der Waals surface area contributed by atoms with Crippen molar-refractivity contribution in [1.82, 2.24) is 19.9 Å². The zero-order valence-corrected chi connectivity index (χ0v) is 19.8. The smallest absolute Gasteiger partial charge is 0.438 e. The molecule has 2 aromatic heterocycles. The topological polar surface area (TPSA) is 88.5 Å². The average molecular weight is 552 g/mol. The predicted molar refractivity (Wildman–Crippen MR) is 115 cm³/mol. The van der Waals surface area contributed by atoms with Crippen LogP contribution < -0.4 is 18.9 Å². The van der Waals surface area contributed by atoms with Crippen LogP contribution in [0.2, 0.25) is 0 Å². The van der Waals surface area contributed by atoms with Crippen LogP contribution in [0.4, 0.5) is 35.1 Å². The lowest BCUT2D eigenvalue weighted by Crippen LogP contribution is -2.12. The van der Waals surface area contributed by atoms with Crippen LogP contribution in [0, 0.1) is 11.6 Å². The number of alkyl halides is 6. The molecule has 4 aromatic rings. The molecule has 0 aliphatic rings. The Bertz CT molecular complexity index is 1370. The second-order valence-corrected chi connectivity index (χ2v) is 7.11. The molecule has 2 heterocycles. The maximum absolute atomic E-state index is 13.4. The highest BCUT2D eigenvalue weighted by Crippen LogP contribution is 2.36. The van der Waals surface area contributed by atoms with E-state index in [9.17, 15) is 35.1 Å². The summed E-state index contributed by atoms with van der Waals surface area (Å²) in [5.74, 6) is -3.31. The summed E-state index contributed by atoms with van der Waals surface area (Å²) in [5, 5.41) is 0. The van der Waals surface area contributed by atoms with Crippen LogP contribution in [0.15, 0.2) is 24.3 Å². The van der Waals surface area contributed by atoms with Gasteiger partial charge in [-0.25, -0.2) is 28.7 Å². The van der Waals surface area contributed by atoms with Crippen LogP contribution >= 0.6 is 0 Å². The summed E-state index contributed by atoms with van der Waals surface area (Å²) in [6.07, 6.45) is -9.43. The largest absolute Gasteiger partial charge is 0.494 e. The Morgan fingerprint density at radius 3 is 1.08 bits per heavy atom. The van der Waals surface area contributed by atoms with E-state index in [-0.39, 0.29) is 33.6 Å². The molecule has 16 heteroatoms. The molecule has 0 aliphatic heterocycles. The van der Waals surface area contributed by atoms with Crippen molar-refractivity contribution >= 4 is 22.1 Å². The standard InChI is InChI=1S/2C11H8F4N2O2/c2*1-18-8-4-7-6(3-5(8)12)17-10(19-2)9(16-7)11(13,14)15/h2*3-4H,1-2H3. The lowest BCUT2D eigenvalue weighted by molar-refractivity contribution is -0.143.